The molecule has 23 heavy (non-hydrogen) atoms. The summed E-state index contributed by atoms with van der Waals surface area (Å²) in [5, 5.41) is 28.5. The Balaban J connectivity index is 1.96. The van der Waals surface area contributed by atoms with E-state index in [-0.39, 0.29) is 17.7 Å². The zero-order chi connectivity index (χ0) is 16.4. The van der Waals surface area contributed by atoms with Crippen molar-refractivity contribution in [3.05, 3.63) is 54.0 Å². The number of phenolic OH excluding ortho intramolecular Hbond substituents is 1. The highest BCUT2D eigenvalue weighted by molar-refractivity contribution is 5.85. The molecule has 0 aliphatic rings. The van der Waals surface area contributed by atoms with Crippen LogP contribution in [-0.4, -0.2) is 20.4 Å². The van der Waals surface area contributed by atoms with E-state index in [1.807, 2.05) is 38.1 Å². The fourth-order valence-corrected chi connectivity index (χ4v) is 2.66. The first kappa shape index (κ1) is 15.5. The number of phenols is 1. The van der Waals surface area contributed by atoms with E-state index >= 15 is 0 Å². The van der Waals surface area contributed by atoms with Gasteiger partial charge in [-0.2, -0.15) is 0 Å². The van der Waals surface area contributed by atoms with Gasteiger partial charge < -0.3 is 14.7 Å². The van der Waals surface area contributed by atoms with E-state index in [9.17, 15) is 10.2 Å². The number of pyridine rings is 1. The molecule has 0 amide bonds. The van der Waals surface area contributed by atoms with Crippen LogP contribution < -0.4 is 5.32 Å². The standard InChI is InChI=1S/C17H19N3O3/c1-10(2)14(19-17(22)13-7-9-23-20-13)12-6-5-11-4-3-8-18-15(11)16(12)21/h3-10,14,17,19,21-22H,1-2H3. The van der Waals surface area contributed by atoms with Gasteiger partial charge in [-0.3, -0.25) is 10.3 Å². The molecule has 2 unspecified atom stereocenters. The molecule has 0 saturated carbocycles. The minimum atomic E-state index is -0.986. The number of fused-ring (bicyclic) bond motifs is 1. The highest BCUT2D eigenvalue weighted by atomic mass is 16.5. The number of hydrogen-bond donors (Lipinski definition) is 3. The Hall–Kier alpha value is -2.44. The number of aromatic nitrogens is 2. The second kappa shape index (κ2) is 6.36. The third-order valence-corrected chi connectivity index (χ3v) is 3.86. The molecule has 0 aliphatic heterocycles. The maximum atomic E-state index is 10.6. The molecule has 6 heteroatoms. The molecule has 0 spiro atoms. The summed E-state index contributed by atoms with van der Waals surface area (Å²) < 4.78 is 4.76. The number of aromatic hydroxyl groups is 1. The van der Waals surface area contributed by atoms with Crippen LogP contribution in [0.1, 0.15) is 37.4 Å². The number of hydrogen-bond acceptors (Lipinski definition) is 6. The van der Waals surface area contributed by atoms with Gasteiger partial charge >= 0.3 is 0 Å². The van der Waals surface area contributed by atoms with Gasteiger partial charge in [0.15, 0.2) is 6.23 Å². The average Bonchev–Trinajstić information content (AvgIpc) is 3.08. The van der Waals surface area contributed by atoms with Crippen molar-refractivity contribution in [2.24, 2.45) is 5.92 Å². The fourth-order valence-electron chi connectivity index (χ4n) is 2.66. The Labute approximate surface area is 133 Å². The fraction of sp³-hybridized carbons (Fsp3) is 0.294. The van der Waals surface area contributed by atoms with Crippen molar-refractivity contribution in [2.45, 2.75) is 26.1 Å². The van der Waals surface area contributed by atoms with Gasteiger partial charge in [0, 0.05) is 29.3 Å². The van der Waals surface area contributed by atoms with E-state index in [0.29, 0.717) is 16.8 Å². The lowest BCUT2D eigenvalue weighted by Crippen LogP contribution is -2.30. The van der Waals surface area contributed by atoms with Crippen LogP contribution in [0.3, 0.4) is 0 Å². The van der Waals surface area contributed by atoms with Crippen molar-refractivity contribution in [3.63, 3.8) is 0 Å². The first-order chi connectivity index (χ1) is 11.1. The van der Waals surface area contributed by atoms with Crippen molar-refractivity contribution >= 4 is 10.9 Å². The molecular weight excluding hydrogens is 294 g/mol. The SMILES string of the molecule is CC(C)C(NC(O)c1ccon1)c1ccc2cccnc2c1O. The molecular formula is C17H19N3O3. The lowest BCUT2D eigenvalue weighted by atomic mass is 9.93. The van der Waals surface area contributed by atoms with Crippen molar-refractivity contribution in [3.8, 4) is 5.75 Å². The van der Waals surface area contributed by atoms with E-state index in [4.69, 9.17) is 4.52 Å². The Bertz CT molecular complexity index is 787. The molecule has 0 saturated heterocycles. The molecule has 1 aromatic carbocycles. The lowest BCUT2D eigenvalue weighted by Gasteiger charge is -2.26. The summed E-state index contributed by atoms with van der Waals surface area (Å²) in [5.41, 5.74) is 1.64. The quantitative estimate of drug-likeness (QED) is 0.627. The van der Waals surface area contributed by atoms with Crippen molar-refractivity contribution in [1.29, 1.82) is 0 Å². The maximum absolute atomic E-state index is 10.6. The van der Waals surface area contributed by atoms with E-state index in [2.05, 4.69) is 15.5 Å². The number of benzene rings is 1. The van der Waals surface area contributed by atoms with Crippen LogP contribution in [0.4, 0.5) is 0 Å². The Morgan fingerprint density at radius 2 is 2.00 bits per heavy atom. The number of rotatable bonds is 5. The molecule has 3 aromatic rings. The largest absolute Gasteiger partial charge is 0.505 e. The molecule has 6 nitrogen and oxygen atoms in total. The molecule has 2 heterocycles. The summed E-state index contributed by atoms with van der Waals surface area (Å²) in [6, 6.07) is 8.82. The van der Waals surface area contributed by atoms with E-state index in [0.717, 1.165) is 5.39 Å². The number of nitrogens with one attached hydrogen (secondary N) is 1. The van der Waals surface area contributed by atoms with Crippen LogP contribution in [0, 0.1) is 5.92 Å². The second-order valence-corrected chi connectivity index (χ2v) is 5.79. The third kappa shape index (κ3) is 3.04. The van der Waals surface area contributed by atoms with Gasteiger partial charge in [-0.05, 0) is 12.0 Å². The first-order valence-corrected chi connectivity index (χ1v) is 7.49. The van der Waals surface area contributed by atoms with Crippen LogP contribution in [0.15, 0.2) is 47.3 Å². The average molecular weight is 313 g/mol. The number of aliphatic hydroxyl groups is 1. The molecule has 0 aliphatic carbocycles. The molecule has 0 bridgehead atoms. The predicted molar refractivity (Wildman–Crippen MR) is 85.6 cm³/mol. The summed E-state index contributed by atoms with van der Waals surface area (Å²) in [6.07, 6.45) is 2.07. The summed E-state index contributed by atoms with van der Waals surface area (Å²) in [4.78, 5) is 4.24. The maximum Gasteiger partial charge on any atom is 0.152 e. The zero-order valence-electron chi connectivity index (χ0n) is 13.0. The van der Waals surface area contributed by atoms with Gasteiger partial charge in [0.1, 0.15) is 23.2 Å². The van der Waals surface area contributed by atoms with Gasteiger partial charge in [0.25, 0.3) is 0 Å². The highest BCUT2D eigenvalue weighted by Gasteiger charge is 2.24. The van der Waals surface area contributed by atoms with Crippen molar-refractivity contribution in [1.82, 2.24) is 15.5 Å². The minimum Gasteiger partial charge on any atom is -0.505 e. The summed E-state index contributed by atoms with van der Waals surface area (Å²) in [5.74, 6) is 0.255. The molecule has 2 aromatic heterocycles. The Kier molecular flexibility index (Phi) is 4.27. The van der Waals surface area contributed by atoms with Gasteiger partial charge in [-0.1, -0.05) is 37.2 Å². The van der Waals surface area contributed by atoms with Crippen molar-refractivity contribution < 1.29 is 14.7 Å². The van der Waals surface area contributed by atoms with E-state index in [1.165, 1.54) is 6.26 Å². The monoisotopic (exact) mass is 313 g/mol. The van der Waals surface area contributed by atoms with Gasteiger partial charge in [-0.25, -0.2) is 0 Å². The molecule has 120 valence electrons. The predicted octanol–water partition coefficient (Wildman–Crippen LogP) is 2.91. The van der Waals surface area contributed by atoms with Crippen LogP contribution in [-0.2, 0) is 0 Å². The highest BCUT2D eigenvalue weighted by Crippen LogP contribution is 2.35. The smallest absolute Gasteiger partial charge is 0.152 e. The normalized spacial score (nSPS) is 14.3. The first-order valence-electron chi connectivity index (χ1n) is 7.49. The molecule has 0 radical (unpaired) electrons. The number of nitrogens with zero attached hydrogens (tertiary/aromatic N) is 2. The minimum absolute atomic E-state index is 0.127. The van der Waals surface area contributed by atoms with Crippen LogP contribution in [0.2, 0.25) is 0 Å². The van der Waals surface area contributed by atoms with Crippen molar-refractivity contribution in [2.75, 3.05) is 0 Å². The van der Waals surface area contributed by atoms with Crippen LogP contribution >= 0.6 is 0 Å². The number of aliphatic hydroxyl groups excluding tert-OH is 1. The lowest BCUT2D eigenvalue weighted by molar-refractivity contribution is 0.104. The van der Waals surface area contributed by atoms with Gasteiger partial charge in [-0.15, -0.1) is 0 Å². The Morgan fingerprint density at radius 1 is 1.17 bits per heavy atom. The molecule has 3 N–H and O–H groups in total. The Morgan fingerprint density at radius 3 is 2.70 bits per heavy atom. The zero-order valence-corrected chi connectivity index (χ0v) is 13.0. The third-order valence-electron chi connectivity index (χ3n) is 3.86. The summed E-state index contributed by atoms with van der Waals surface area (Å²) >= 11 is 0. The van der Waals surface area contributed by atoms with E-state index in [1.54, 1.807) is 12.3 Å². The van der Waals surface area contributed by atoms with Crippen LogP contribution in [0.5, 0.6) is 5.75 Å². The van der Waals surface area contributed by atoms with Gasteiger partial charge in [0.05, 0.1) is 0 Å². The molecule has 3 rings (SSSR count). The van der Waals surface area contributed by atoms with Gasteiger partial charge in [0.2, 0.25) is 0 Å². The second-order valence-electron chi connectivity index (χ2n) is 5.79. The molecule has 0 fully saturated rings. The topological polar surface area (TPSA) is 91.4 Å². The molecule has 2 atom stereocenters. The summed E-state index contributed by atoms with van der Waals surface area (Å²) in [6.45, 7) is 4.02. The van der Waals surface area contributed by atoms with E-state index < -0.39 is 6.23 Å². The van der Waals surface area contributed by atoms with Crippen LogP contribution in [0.25, 0.3) is 10.9 Å². The summed E-state index contributed by atoms with van der Waals surface area (Å²) in [7, 11) is 0.